The number of hydrogen-bond donors (Lipinski definition) is 3. The maximum absolute atomic E-state index is 11.7. The molecule has 0 saturated carbocycles. The Morgan fingerprint density at radius 2 is 1.90 bits per heavy atom. The molecule has 0 aromatic heterocycles. The highest BCUT2D eigenvalue weighted by Crippen LogP contribution is 2.14. The van der Waals surface area contributed by atoms with Gasteiger partial charge < -0.3 is 20.9 Å². The highest BCUT2D eigenvalue weighted by atomic mass is 16.5. The number of rotatable bonds is 6. The van der Waals surface area contributed by atoms with Crippen molar-refractivity contribution < 1.29 is 14.6 Å². The van der Waals surface area contributed by atoms with Crippen LogP contribution < -0.4 is 15.8 Å². The van der Waals surface area contributed by atoms with Crippen LogP contribution in [0.4, 0.5) is 5.69 Å². The largest absolute Gasteiger partial charge is 0.484 e. The topological polar surface area (TPSA) is 84.6 Å². The summed E-state index contributed by atoms with van der Waals surface area (Å²) in [5.74, 6) is 0.347. The van der Waals surface area contributed by atoms with Crippen molar-refractivity contribution in [2.75, 3.05) is 12.3 Å². The Bertz CT molecular complexity index is 614. The lowest BCUT2D eigenvalue weighted by atomic mass is 10.1. The first-order valence-corrected chi connectivity index (χ1v) is 6.61. The minimum absolute atomic E-state index is 0.0136. The molecule has 0 fully saturated rings. The summed E-state index contributed by atoms with van der Waals surface area (Å²) in [6.07, 6.45) is 0. The maximum atomic E-state index is 11.7. The van der Waals surface area contributed by atoms with Gasteiger partial charge in [0.2, 0.25) is 0 Å². The molecule has 0 saturated heterocycles. The monoisotopic (exact) mass is 286 g/mol. The van der Waals surface area contributed by atoms with Gasteiger partial charge in [0.05, 0.1) is 6.61 Å². The molecule has 5 heteroatoms. The third-order valence-corrected chi connectivity index (χ3v) is 2.89. The molecule has 0 radical (unpaired) electrons. The molecule has 0 atom stereocenters. The zero-order valence-corrected chi connectivity index (χ0v) is 11.6. The quantitative estimate of drug-likeness (QED) is 0.702. The third-order valence-electron chi connectivity index (χ3n) is 2.89. The molecule has 0 unspecified atom stereocenters. The number of carbonyl (C=O) groups excluding carboxylic acids is 1. The summed E-state index contributed by atoms with van der Waals surface area (Å²) in [7, 11) is 0. The Morgan fingerprint density at radius 3 is 2.67 bits per heavy atom. The Balaban J connectivity index is 1.79. The molecule has 0 aliphatic carbocycles. The van der Waals surface area contributed by atoms with E-state index in [0.29, 0.717) is 18.0 Å². The second-order valence-electron chi connectivity index (χ2n) is 4.62. The Labute approximate surface area is 123 Å². The number of anilines is 1. The second-order valence-corrected chi connectivity index (χ2v) is 4.62. The number of hydrogen-bond acceptors (Lipinski definition) is 4. The maximum Gasteiger partial charge on any atom is 0.258 e. The molecule has 1 amide bonds. The number of nitrogen functional groups attached to an aromatic ring is 1. The first-order valence-electron chi connectivity index (χ1n) is 6.61. The van der Waals surface area contributed by atoms with Gasteiger partial charge in [-0.15, -0.1) is 0 Å². The summed E-state index contributed by atoms with van der Waals surface area (Å²) >= 11 is 0. The van der Waals surface area contributed by atoms with Gasteiger partial charge in [-0.1, -0.05) is 30.3 Å². The fourth-order valence-electron chi connectivity index (χ4n) is 1.84. The van der Waals surface area contributed by atoms with Crippen LogP contribution in [0.25, 0.3) is 0 Å². The van der Waals surface area contributed by atoms with Crippen LogP contribution in [0, 0.1) is 0 Å². The van der Waals surface area contributed by atoms with Crippen LogP contribution >= 0.6 is 0 Å². The molecule has 0 spiro atoms. The van der Waals surface area contributed by atoms with E-state index < -0.39 is 0 Å². The number of nitrogens with two attached hydrogens (primary N) is 1. The summed E-state index contributed by atoms with van der Waals surface area (Å²) in [4.78, 5) is 11.7. The Morgan fingerprint density at radius 1 is 1.14 bits per heavy atom. The molecule has 4 N–H and O–H groups in total. The average Bonchev–Trinajstić information content (AvgIpc) is 2.51. The predicted octanol–water partition coefficient (Wildman–Crippen LogP) is 1.46. The predicted molar refractivity (Wildman–Crippen MR) is 80.6 cm³/mol. The summed E-state index contributed by atoms with van der Waals surface area (Å²) in [6, 6.07) is 14.3. The number of aliphatic hydroxyl groups is 1. The second kappa shape index (κ2) is 7.31. The van der Waals surface area contributed by atoms with Crippen molar-refractivity contribution in [2.24, 2.45) is 0 Å². The third kappa shape index (κ3) is 4.81. The van der Waals surface area contributed by atoms with Gasteiger partial charge in [-0.2, -0.15) is 0 Å². The van der Waals surface area contributed by atoms with Crippen LogP contribution in [0.2, 0.25) is 0 Å². The summed E-state index contributed by atoms with van der Waals surface area (Å²) < 4.78 is 5.35. The van der Waals surface area contributed by atoms with Crippen molar-refractivity contribution in [3.05, 3.63) is 59.7 Å². The summed E-state index contributed by atoms with van der Waals surface area (Å²) in [5, 5.41) is 11.8. The van der Waals surface area contributed by atoms with E-state index in [2.05, 4.69) is 5.32 Å². The van der Waals surface area contributed by atoms with E-state index in [1.54, 1.807) is 24.3 Å². The van der Waals surface area contributed by atoms with E-state index in [1.807, 2.05) is 24.3 Å². The lowest BCUT2D eigenvalue weighted by Gasteiger charge is -2.08. The minimum Gasteiger partial charge on any atom is -0.484 e. The van der Waals surface area contributed by atoms with Gasteiger partial charge in [-0.25, -0.2) is 0 Å². The van der Waals surface area contributed by atoms with Gasteiger partial charge in [-0.05, 0) is 23.3 Å². The Hall–Kier alpha value is -2.53. The van der Waals surface area contributed by atoms with Gasteiger partial charge in [0.15, 0.2) is 6.61 Å². The molecular formula is C16H18N2O3. The molecule has 2 aromatic rings. The molecule has 5 nitrogen and oxygen atoms in total. The van der Waals surface area contributed by atoms with Crippen molar-refractivity contribution in [3.8, 4) is 5.75 Å². The van der Waals surface area contributed by atoms with E-state index in [1.165, 1.54) is 0 Å². The summed E-state index contributed by atoms with van der Waals surface area (Å²) in [6.45, 7) is 0.316. The molecule has 0 bridgehead atoms. The highest BCUT2D eigenvalue weighted by Gasteiger charge is 2.03. The molecule has 0 heterocycles. The van der Waals surface area contributed by atoms with Gasteiger partial charge >= 0.3 is 0 Å². The van der Waals surface area contributed by atoms with Crippen LogP contribution in [0.15, 0.2) is 48.5 Å². The molecule has 21 heavy (non-hydrogen) atoms. The van der Waals surface area contributed by atoms with Crippen LogP contribution in [-0.4, -0.2) is 17.6 Å². The van der Waals surface area contributed by atoms with E-state index in [9.17, 15) is 4.79 Å². The SMILES string of the molecule is Nc1cccc(OCC(=O)NCc2cccc(CO)c2)c1. The van der Waals surface area contributed by atoms with Crippen molar-refractivity contribution in [3.63, 3.8) is 0 Å². The first kappa shape index (κ1) is 14.9. The number of ether oxygens (including phenoxy) is 1. The van der Waals surface area contributed by atoms with Gasteiger partial charge in [-0.3, -0.25) is 4.79 Å². The van der Waals surface area contributed by atoms with Gasteiger partial charge in [0, 0.05) is 18.3 Å². The van der Waals surface area contributed by atoms with Crippen molar-refractivity contribution >= 4 is 11.6 Å². The molecule has 0 aliphatic rings. The number of aliphatic hydroxyl groups excluding tert-OH is 1. The average molecular weight is 286 g/mol. The van der Waals surface area contributed by atoms with Crippen LogP contribution in [0.3, 0.4) is 0 Å². The number of benzene rings is 2. The first-order chi connectivity index (χ1) is 10.2. The van der Waals surface area contributed by atoms with Gasteiger partial charge in [0.1, 0.15) is 5.75 Å². The molecule has 0 aliphatic heterocycles. The van der Waals surface area contributed by atoms with Gasteiger partial charge in [0.25, 0.3) is 5.91 Å². The fourth-order valence-corrected chi connectivity index (χ4v) is 1.84. The lowest BCUT2D eigenvalue weighted by Crippen LogP contribution is -2.28. The number of amides is 1. The van der Waals surface area contributed by atoms with E-state index in [4.69, 9.17) is 15.6 Å². The summed E-state index contributed by atoms with van der Waals surface area (Å²) in [5.41, 5.74) is 7.96. The van der Waals surface area contributed by atoms with E-state index in [0.717, 1.165) is 11.1 Å². The van der Waals surface area contributed by atoms with Crippen LogP contribution in [-0.2, 0) is 17.9 Å². The fraction of sp³-hybridized carbons (Fsp3) is 0.188. The zero-order chi connectivity index (χ0) is 15.1. The number of nitrogens with one attached hydrogen (secondary N) is 1. The molecular weight excluding hydrogens is 268 g/mol. The molecule has 110 valence electrons. The molecule has 2 rings (SSSR count). The van der Waals surface area contributed by atoms with Crippen molar-refractivity contribution in [1.82, 2.24) is 5.32 Å². The highest BCUT2D eigenvalue weighted by molar-refractivity contribution is 5.77. The smallest absolute Gasteiger partial charge is 0.258 e. The van der Waals surface area contributed by atoms with Crippen LogP contribution in [0.5, 0.6) is 5.75 Å². The lowest BCUT2D eigenvalue weighted by molar-refractivity contribution is -0.123. The van der Waals surface area contributed by atoms with Crippen molar-refractivity contribution in [2.45, 2.75) is 13.2 Å². The standard InChI is InChI=1S/C16H18N2O3/c17-14-5-2-6-15(8-14)21-11-16(20)18-9-12-3-1-4-13(7-12)10-19/h1-8,19H,9-11,17H2,(H,18,20). The van der Waals surface area contributed by atoms with Crippen molar-refractivity contribution in [1.29, 1.82) is 0 Å². The number of carbonyl (C=O) groups is 1. The molecule has 2 aromatic carbocycles. The van der Waals surface area contributed by atoms with E-state index >= 15 is 0 Å². The van der Waals surface area contributed by atoms with E-state index in [-0.39, 0.29) is 19.1 Å². The minimum atomic E-state index is -0.216. The Kier molecular flexibility index (Phi) is 5.17. The normalized spacial score (nSPS) is 10.1. The zero-order valence-electron chi connectivity index (χ0n) is 11.6. The van der Waals surface area contributed by atoms with Crippen LogP contribution in [0.1, 0.15) is 11.1 Å².